The zero-order valence-electron chi connectivity index (χ0n) is 21.4. The van der Waals surface area contributed by atoms with Crippen LogP contribution in [0, 0.1) is 5.92 Å². The summed E-state index contributed by atoms with van der Waals surface area (Å²) in [6.07, 6.45) is 6.71. The number of nitrogens with one attached hydrogen (secondary N) is 1. The van der Waals surface area contributed by atoms with Gasteiger partial charge in [-0.05, 0) is 80.8 Å². The van der Waals surface area contributed by atoms with E-state index in [1.165, 1.54) is 12.0 Å². The Balaban J connectivity index is 1.20. The number of anilines is 1. The molecule has 1 unspecified atom stereocenters. The number of benzene rings is 2. The van der Waals surface area contributed by atoms with Gasteiger partial charge in [-0.1, -0.05) is 41.4 Å². The number of carbonyl (C=O) groups is 1. The molecule has 2 saturated carbocycles. The van der Waals surface area contributed by atoms with Gasteiger partial charge in [-0.15, -0.1) is 0 Å². The van der Waals surface area contributed by atoms with Crippen molar-refractivity contribution in [2.45, 2.75) is 43.6 Å². The number of nitrogens with zero attached hydrogens (tertiary/aromatic N) is 4. The average molecular weight is 541 g/mol. The molecular formula is C29H35Cl2N5O. The molecule has 6 rings (SSSR count). The van der Waals surface area contributed by atoms with Crippen molar-refractivity contribution in [2.24, 2.45) is 5.92 Å². The second-order valence-corrected chi connectivity index (χ2v) is 12.1. The van der Waals surface area contributed by atoms with Crippen LogP contribution >= 0.6 is 23.2 Å². The number of hydrogen-bond donors (Lipinski definition) is 1. The topological polar surface area (TPSA) is 55.5 Å². The van der Waals surface area contributed by atoms with Crippen molar-refractivity contribution in [3.05, 3.63) is 57.6 Å². The number of likely N-dealkylation sites (N-methyl/N-ethyl adjacent to an activating group) is 1. The van der Waals surface area contributed by atoms with Crippen LogP contribution in [0.15, 0.2) is 36.4 Å². The lowest BCUT2D eigenvalue weighted by atomic mass is 9.80. The lowest BCUT2D eigenvalue weighted by molar-refractivity contribution is 0.112. The number of aldehydes is 1. The number of hydrogen-bond acceptors (Lipinski definition) is 5. The summed E-state index contributed by atoms with van der Waals surface area (Å²) in [5.74, 6) is 1.58. The Morgan fingerprint density at radius 2 is 1.97 bits per heavy atom. The van der Waals surface area contributed by atoms with Gasteiger partial charge in [0.25, 0.3) is 0 Å². The Kier molecular flexibility index (Phi) is 6.95. The van der Waals surface area contributed by atoms with E-state index in [0.29, 0.717) is 22.0 Å². The van der Waals surface area contributed by atoms with E-state index < -0.39 is 0 Å². The first-order valence-electron chi connectivity index (χ1n) is 13.5. The number of H-pyrrole nitrogens is 1. The predicted molar refractivity (Wildman–Crippen MR) is 151 cm³/mol. The van der Waals surface area contributed by atoms with Crippen LogP contribution in [0.5, 0.6) is 0 Å². The molecule has 37 heavy (non-hydrogen) atoms. The summed E-state index contributed by atoms with van der Waals surface area (Å²) in [4.78, 5) is 27.4. The highest BCUT2D eigenvalue weighted by atomic mass is 35.5. The molecule has 0 radical (unpaired) electrons. The minimum Gasteiger partial charge on any atom is -0.339 e. The molecule has 2 aromatic carbocycles. The van der Waals surface area contributed by atoms with Gasteiger partial charge in [0.1, 0.15) is 6.29 Å². The molecule has 6 nitrogen and oxygen atoms in total. The van der Waals surface area contributed by atoms with Gasteiger partial charge < -0.3 is 19.7 Å². The second-order valence-electron chi connectivity index (χ2n) is 11.3. The molecule has 1 aromatic heterocycles. The zero-order valence-corrected chi connectivity index (χ0v) is 22.9. The molecule has 2 aliphatic carbocycles. The van der Waals surface area contributed by atoms with Crippen LogP contribution in [0.2, 0.25) is 10.0 Å². The molecule has 0 spiro atoms. The maximum Gasteiger partial charge on any atom is 0.204 e. The lowest BCUT2D eigenvalue weighted by Crippen LogP contribution is -2.46. The number of halogens is 2. The Labute approximate surface area is 228 Å². The van der Waals surface area contributed by atoms with Crippen molar-refractivity contribution in [1.29, 1.82) is 0 Å². The van der Waals surface area contributed by atoms with Crippen molar-refractivity contribution < 1.29 is 4.79 Å². The molecule has 0 bridgehead atoms. The average Bonchev–Trinajstić information content (AvgIpc) is 3.53. The van der Waals surface area contributed by atoms with Gasteiger partial charge in [0, 0.05) is 44.3 Å². The Morgan fingerprint density at radius 1 is 1.16 bits per heavy atom. The molecule has 1 aliphatic heterocycles. The lowest BCUT2D eigenvalue weighted by Gasteiger charge is -2.38. The number of imidazole rings is 1. The largest absolute Gasteiger partial charge is 0.339 e. The van der Waals surface area contributed by atoms with Gasteiger partial charge in [-0.2, -0.15) is 0 Å². The third-order valence-electron chi connectivity index (χ3n) is 9.00. The molecule has 2 heterocycles. The SMILES string of the molecule is CN1CCN(CCCN(c2nc3cc(Cl)c(Cl)cc3[nH]2)[C@@H]2CC[C@]3(c4cccc(C=O)c4)CC3C2)CC1. The summed E-state index contributed by atoms with van der Waals surface area (Å²) < 4.78 is 0. The summed E-state index contributed by atoms with van der Waals surface area (Å²) >= 11 is 12.6. The van der Waals surface area contributed by atoms with E-state index in [0.717, 1.165) is 93.8 Å². The van der Waals surface area contributed by atoms with Gasteiger partial charge in [0.15, 0.2) is 0 Å². The summed E-state index contributed by atoms with van der Waals surface area (Å²) in [5, 5.41) is 1.08. The first-order valence-corrected chi connectivity index (χ1v) is 14.3. The van der Waals surface area contributed by atoms with Gasteiger partial charge in [0.05, 0.1) is 21.1 Å². The van der Waals surface area contributed by atoms with E-state index in [9.17, 15) is 4.79 Å². The third kappa shape index (κ3) is 5.01. The Hall–Kier alpha value is -2.12. The van der Waals surface area contributed by atoms with Crippen LogP contribution in [0.3, 0.4) is 0 Å². The van der Waals surface area contributed by atoms with E-state index in [1.807, 2.05) is 24.3 Å². The number of piperazine rings is 1. The molecular weight excluding hydrogens is 505 g/mol. The van der Waals surface area contributed by atoms with Gasteiger partial charge in [-0.3, -0.25) is 4.79 Å². The fourth-order valence-corrected chi connectivity index (χ4v) is 7.02. The minimum absolute atomic E-state index is 0.246. The number of aromatic amines is 1. The highest BCUT2D eigenvalue weighted by Gasteiger charge is 2.58. The fraction of sp³-hybridized carbons (Fsp3) is 0.517. The second kappa shape index (κ2) is 10.2. The van der Waals surface area contributed by atoms with Crippen molar-refractivity contribution in [3.8, 4) is 0 Å². The molecule has 196 valence electrons. The quantitative estimate of drug-likeness (QED) is 0.375. The predicted octanol–water partition coefficient (Wildman–Crippen LogP) is 5.64. The maximum absolute atomic E-state index is 11.4. The molecule has 3 atom stereocenters. The molecule has 1 N–H and O–H groups in total. The van der Waals surface area contributed by atoms with Gasteiger partial charge in [0.2, 0.25) is 5.95 Å². The van der Waals surface area contributed by atoms with E-state index in [2.05, 4.69) is 38.9 Å². The summed E-state index contributed by atoms with van der Waals surface area (Å²) in [6, 6.07) is 12.4. The van der Waals surface area contributed by atoms with Crippen molar-refractivity contribution in [3.63, 3.8) is 0 Å². The smallest absolute Gasteiger partial charge is 0.204 e. The monoisotopic (exact) mass is 539 g/mol. The highest BCUT2D eigenvalue weighted by molar-refractivity contribution is 6.42. The van der Waals surface area contributed by atoms with E-state index in [-0.39, 0.29) is 5.41 Å². The minimum atomic E-state index is 0.246. The number of rotatable bonds is 8. The molecule has 3 fully saturated rings. The number of fused-ring (bicyclic) bond motifs is 2. The van der Waals surface area contributed by atoms with Gasteiger partial charge in [-0.25, -0.2) is 4.98 Å². The van der Waals surface area contributed by atoms with E-state index in [1.54, 1.807) is 0 Å². The standard InChI is InChI=1S/C29H35Cl2N5O/c1-34-10-12-35(13-11-34)8-3-9-36(28-32-26-16-24(30)25(31)17-27(26)33-28)23-6-7-29(18-22(29)15-23)21-5-2-4-20(14-21)19-37/h2,4-5,14,16-17,19,22-23H,3,6-13,15,18H2,1H3,(H,32,33)/t22?,23-,29-/m1/s1. The first kappa shape index (κ1) is 25.2. The molecule has 1 saturated heterocycles. The summed E-state index contributed by atoms with van der Waals surface area (Å²) in [6.45, 7) is 6.66. The van der Waals surface area contributed by atoms with Crippen LogP contribution in [0.25, 0.3) is 11.0 Å². The zero-order chi connectivity index (χ0) is 25.6. The maximum atomic E-state index is 11.4. The van der Waals surface area contributed by atoms with Crippen LogP contribution in [-0.2, 0) is 5.41 Å². The van der Waals surface area contributed by atoms with Crippen LogP contribution in [0.4, 0.5) is 5.95 Å². The van der Waals surface area contributed by atoms with E-state index >= 15 is 0 Å². The van der Waals surface area contributed by atoms with Crippen LogP contribution in [-0.4, -0.2) is 78.4 Å². The summed E-state index contributed by atoms with van der Waals surface area (Å²) in [5.41, 5.74) is 4.15. The normalized spacial score (nSPS) is 26.2. The van der Waals surface area contributed by atoms with Crippen LogP contribution in [0.1, 0.15) is 48.0 Å². The third-order valence-corrected chi connectivity index (χ3v) is 9.73. The fourth-order valence-electron chi connectivity index (χ4n) is 6.69. The number of carbonyl (C=O) groups excluding carboxylic acids is 1. The molecule has 3 aliphatic rings. The number of aromatic nitrogens is 2. The molecule has 3 aromatic rings. The molecule has 8 heteroatoms. The van der Waals surface area contributed by atoms with Crippen molar-refractivity contribution >= 4 is 46.5 Å². The van der Waals surface area contributed by atoms with Crippen molar-refractivity contribution in [1.82, 2.24) is 19.8 Å². The Morgan fingerprint density at radius 3 is 2.76 bits per heavy atom. The Bertz CT molecular complexity index is 1250. The summed E-state index contributed by atoms with van der Waals surface area (Å²) in [7, 11) is 2.20. The highest BCUT2D eigenvalue weighted by Crippen LogP contribution is 2.63. The molecule has 0 amide bonds. The van der Waals surface area contributed by atoms with Crippen LogP contribution < -0.4 is 4.90 Å². The van der Waals surface area contributed by atoms with Gasteiger partial charge >= 0.3 is 0 Å². The van der Waals surface area contributed by atoms with E-state index in [4.69, 9.17) is 28.2 Å². The van der Waals surface area contributed by atoms with Crippen molar-refractivity contribution in [2.75, 3.05) is 51.2 Å². The first-order chi connectivity index (χ1) is 17.9.